The second kappa shape index (κ2) is 3.59. The van der Waals surface area contributed by atoms with Crippen molar-refractivity contribution in [2.24, 2.45) is 0 Å². The lowest BCUT2D eigenvalue weighted by Gasteiger charge is -2.02. The molecule has 0 heterocycles. The van der Waals surface area contributed by atoms with Crippen molar-refractivity contribution in [3.8, 4) is 0 Å². The predicted molar refractivity (Wildman–Crippen MR) is 51.0 cm³/mol. The number of benzene rings is 1. The topological polar surface area (TPSA) is 29.1 Å². The van der Waals surface area contributed by atoms with Crippen LogP contribution in [0.15, 0.2) is 18.2 Å². The lowest BCUT2D eigenvalue weighted by molar-refractivity contribution is 0.101. The Morgan fingerprint density at radius 2 is 2.08 bits per heavy atom. The molecule has 3 heteroatoms. The Morgan fingerprint density at radius 3 is 2.58 bits per heavy atom. The minimum absolute atomic E-state index is 0.0222. The van der Waals surface area contributed by atoms with Crippen molar-refractivity contribution >= 4 is 23.1 Å². The fourth-order valence-electron chi connectivity index (χ4n) is 0.937. The van der Waals surface area contributed by atoms with Crippen molar-refractivity contribution < 1.29 is 4.79 Å². The zero-order chi connectivity index (χ0) is 9.14. The van der Waals surface area contributed by atoms with Crippen LogP contribution in [0.4, 0.5) is 5.69 Å². The number of carbonyl (C=O) groups excluding carboxylic acids is 1. The molecule has 0 aliphatic carbocycles. The molecule has 0 radical (unpaired) electrons. The molecule has 0 aliphatic rings. The Hall–Kier alpha value is -1.02. The standard InChI is InChI=1S/C9H10ClNO/c1-6(12)7-3-8(10)5-9(4-7)11-2/h3-5,11H,1-2H3. The second-order valence-electron chi connectivity index (χ2n) is 2.53. The molecule has 0 unspecified atom stereocenters. The van der Waals surface area contributed by atoms with Crippen molar-refractivity contribution in [1.82, 2.24) is 0 Å². The Kier molecular flexibility index (Phi) is 2.71. The van der Waals surface area contributed by atoms with E-state index < -0.39 is 0 Å². The first-order chi connectivity index (χ1) is 5.63. The number of hydrogen-bond acceptors (Lipinski definition) is 2. The number of hydrogen-bond donors (Lipinski definition) is 1. The van der Waals surface area contributed by atoms with Gasteiger partial charge in [0.2, 0.25) is 0 Å². The maximum Gasteiger partial charge on any atom is 0.159 e. The number of rotatable bonds is 2. The van der Waals surface area contributed by atoms with Crippen LogP contribution in [-0.2, 0) is 0 Å². The number of nitrogens with one attached hydrogen (secondary N) is 1. The Bertz CT molecular complexity index is 309. The minimum atomic E-state index is 0.0222. The van der Waals surface area contributed by atoms with Crippen LogP contribution in [-0.4, -0.2) is 12.8 Å². The van der Waals surface area contributed by atoms with Gasteiger partial charge in [-0.15, -0.1) is 0 Å². The van der Waals surface area contributed by atoms with E-state index in [1.54, 1.807) is 25.2 Å². The summed E-state index contributed by atoms with van der Waals surface area (Å²) in [5, 5.41) is 3.50. The summed E-state index contributed by atoms with van der Waals surface area (Å²) < 4.78 is 0. The summed E-state index contributed by atoms with van der Waals surface area (Å²) in [7, 11) is 1.79. The molecule has 0 atom stereocenters. The molecule has 0 saturated carbocycles. The number of ketones is 1. The van der Waals surface area contributed by atoms with Gasteiger partial charge in [0.25, 0.3) is 0 Å². The molecule has 64 valence electrons. The monoisotopic (exact) mass is 183 g/mol. The Morgan fingerprint density at radius 1 is 1.42 bits per heavy atom. The molecular formula is C9H10ClNO. The van der Waals surface area contributed by atoms with Crippen molar-refractivity contribution in [2.45, 2.75) is 6.92 Å². The van der Waals surface area contributed by atoms with Gasteiger partial charge in [-0.05, 0) is 25.1 Å². The van der Waals surface area contributed by atoms with Crippen LogP contribution in [0.2, 0.25) is 5.02 Å². The molecule has 0 aromatic heterocycles. The van der Waals surface area contributed by atoms with E-state index in [4.69, 9.17) is 11.6 Å². The average Bonchev–Trinajstić information content (AvgIpc) is 2.03. The summed E-state index contributed by atoms with van der Waals surface area (Å²) >= 11 is 5.78. The molecular weight excluding hydrogens is 174 g/mol. The molecule has 12 heavy (non-hydrogen) atoms. The molecule has 0 fully saturated rings. The van der Waals surface area contributed by atoms with Gasteiger partial charge in [-0.3, -0.25) is 4.79 Å². The van der Waals surface area contributed by atoms with Gasteiger partial charge < -0.3 is 5.32 Å². The molecule has 0 saturated heterocycles. The molecule has 1 aromatic carbocycles. The highest BCUT2D eigenvalue weighted by atomic mass is 35.5. The van der Waals surface area contributed by atoms with Gasteiger partial charge in [-0.1, -0.05) is 11.6 Å². The fourth-order valence-corrected chi connectivity index (χ4v) is 1.17. The van der Waals surface area contributed by atoms with E-state index in [0.717, 1.165) is 5.69 Å². The third-order valence-corrected chi connectivity index (χ3v) is 1.81. The smallest absolute Gasteiger partial charge is 0.159 e. The lowest BCUT2D eigenvalue weighted by Crippen LogP contribution is -1.95. The Labute approximate surface area is 76.5 Å². The van der Waals surface area contributed by atoms with Crippen molar-refractivity contribution in [2.75, 3.05) is 12.4 Å². The molecule has 1 rings (SSSR count). The van der Waals surface area contributed by atoms with Crippen LogP contribution >= 0.6 is 11.6 Å². The summed E-state index contributed by atoms with van der Waals surface area (Å²) in [5.74, 6) is 0.0222. The van der Waals surface area contributed by atoms with E-state index in [0.29, 0.717) is 10.6 Å². The van der Waals surface area contributed by atoms with Gasteiger partial charge in [0, 0.05) is 23.3 Å². The minimum Gasteiger partial charge on any atom is -0.388 e. The summed E-state index contributed by atoms with van der Waals surface area (Å²) in [4.78, 5) is 11.0. The zero-order valence-corrected chi connectivity index (χ0v) is 7.77. The zero-order valence-electron chi connectivity index (χ0n) is 7.02. The maximum absolute atomic E-state index is 11.0. The van der Waals surface area contributed by atoms with Crippen molar-refractivity contribution in [3.05, 3.63) is 28.8 Å². The maximum atomic E-state index is 11.0. The van der Waals surface area contributed by atoms with Gasteiger partial charge in [-0.2, -0.15) is 0 Å². The van der Waals surface area contributed by atoms with Gasteiger partial charge in [-0.25, -0.2) is 0 Å². The number of anilines is 1. The van der Waals surface area contributed by atoms with Crippen LogP contribution in [0.3, 0.4) is 0 Å². The highest BCUT2D eigenvalue weighted by Crippen LogP contribution is 2.18. The van der Waals surface area contributed by atoms with Crippen LogP contribution in [0.25, 0.3) is 0 Å². The Balaban J connectivity index is 3.15. The molecule has 0 aliphatic heterocycles. The van der Waals surface area contributed by atoms with Crippen LogP contribution < -0.4 is 5.32 Å². The first-order valence-electron chi connectivity index (χ1n) is 3.63. The highest BCUT2D eigenvalue weighted by molar-refractivity contribution is 6.31. The summed E-state index contributed by atoms with van der Waals surface area (Å²) in [6.07, 6.45) is 0. The SMILES string of the molecule is CNc1cc(Cl)cc(C(C)=O)c1. The van der Waals surface area contributed by atoms with E-state index in [1.165, 1.54) is 6.92 Å². The lowest BCUT2D eigenvalue weighted by atomic mass is 10.1. The van der Waals surface area contributed by atoms with Crippen LogP contribution in [0.1, 0.15) is 17.3 Å². The molecule has 1 aromatic rings. The second-order valence-corrected chi connectivity index (χ2v) is 2.97. The van der Waals surface area contributed by atoms with Gasteiger partial charge >= 0.3 is 0 Å². The van der Waals surface area contributed by atoms with Gasteiger partial charge in [0.15, 0.2) is 5.78 Å². The summed E-state index contributed by atoms with van der Waals surface area (Å²) in [6, 6.07) is 5.20. The number of Topliss-reactive ketones (excluding diaryl/α,β-unsaturated/α-hetero) is 1. The third kappa shape index (κ3) is 1.98. The predicted octanol–water partition coefficient (Wildman–Crippen LogP) is 2.58. The molecule has 0 spiro atoms. The number of carbonyl (C=O) groups is 1. The molecule has 0 bridgehead atoms. The van der Waals surface area contributed by atoms with Crippen molar-refractivity contribution in [3.63, 3.8) is 0 Å². The summed E-state index contributed by atoms with van der Waals surface area (Å²) in [6.45, 7) is 1.52. The van der Waals surface area contributed by atoms with Crippen LogP contribution in [0, 0.1) is 0 Å². The van der Waals surface area contributed by atoms with Gasteiger partial charge in [0.1, 0.15) is 0 Å². The normalized spacial score (nSPS) is 9.58. The largest absolute Gasteiger partial charge is 0.388 e. The first kappa shape index (κ1) is 9.07. The average molecular weight is 184 g/mol. The van der Waals surface area contributed by atoms with Gasteiger partial charge in [0.05, 0.1) is 0 Å². The van der Waals surface area contributed by atoms with E-state index in [-0.39, 0.29) is 5.78 Å². The number of halogens is 1. The van der Waals surface area contributed by atoms with E-state index >= 15 is 0 Å². The third-order valence-electron chi connectivity index (χ3n) is 1.59. The quantitative estimate of drug-likeness (QED) is 0.715. The first-order valence-corrected chi connectivity index (χ1v) is 4.00. The highest BCUT2D eigenvalue weighted by Gasteiger charge is 2.01. The molecule has 2 nitrogen and oxygen atoms in total. The van der Waals surface area contributed by atoms with E-state index in [2.05, 4.69) is 5.32 Å². The van der Waals surface area contributed by atoms with E-state index in [1.807, 2.05) is 0 Å². The van der Waals surface area contributed by atoms with E-state index in [9.17, 15) is 4.79 Å². The molecule has 1 N–H and O–H groups in total. The van der Waals surface area contributed by atoms with Crippen LogP contribution in [0.5, 0.6) is 0 Å². The fraction of sp³-hybridized carbons (Fsp3) is 0.222. The van der Waals surface area contributed by atoms with Crippen molar-refractivity contribution in [1.29, 1.82) is 0 Å². The molecule has 0 amide bonds. The summed E-state index contributed by atoms with van der Waals surface area (Å²) in [5.41, 5.74) is 1.49.